The van der Waals surface area contributed by atoms with Crippen LogP contribution in [0.3, 0.4) is 0 Å². The molecule has 0 aliphatic rings. The number of aromatic nitrogens is 3. The Hall–Kier alpha value is -2.95. The Kier molecular flexibility index (Phi) is 3.47. The first-order valence-corrected chi connectivity index (χ1v) is 6.54. The Morgan fingerprint density at radius 2 is 1.48 bits per heavy atom. The summed E-state index contributed by atoms with van der Waals surface area (Å²) in [6.07, 6.45) is 1.16. The van der Waals surface area contributed by atoms with Crippen LogP contribution in [0.15, 0.2) is 76.4 Å². The van der Waals surface area contributed by atoms with E-state index in [0.717, 1.165) is 11.8 Å². The third kappa shape index (κ3) is 2.67. The van der Waals surface area contributed by atoms with Crippen LogP contribution >= 0.6 is 0 Å². The van der Waals surface area contributed by atoms with Crippen molar-refractivity contribution < 1.29 is 0 Å². The molecule has 2 aromatic carbocycles. The van der Waals surface area contributed by atoms with Gasteiger partial charge in [0.25, 0.3) is 5.56 Å². The second-order valence-electron chi connectivity index (χ2n) is 4.58. The van der Waals surface area contributed by atoms with Crippen LogP contribution in [0, 0.1) is 0 Å². The van der Waals surface area contributed by atoms with Crippen molar-refractivity contribution in [1.82, 2.24) is 14.3 Å². The minimum atomic E-state index is -0.447. The molecule has 104 valence electrons. The van der Waals surface area contributed by atoms with Crippen LogP contribution in [0.1, 0.15) is 5.56 Å². The molecular weight excluding hydrogens is 266 g/mol. The second-order valence-corrected chi connectivity index (χ2v) is 4.58. The van der Waals surface area contributed by atoms with E-state index in [-0.39, 0.29) is 6.54 Å². The van der Waals surface area contributed by atoms with Crippen LogP contribution in [0.5, 0.6) is 0 Å². The highest BCUT2D eigenvalue weighted by Crippen LogP contribution is 2.02. The summed E-state index contributed by atoms with van der Waals surface area (Å²) in [6.45, 7) is 0.230. The summed E-state index contributed by atoms with van der Waals surface area (Å²) in [5.74, 6) is 0. The Bertz CT molecular complexity index is 852. The minimum absolute atomic E-state index is 0.230. The number of para-hydroxylation sites is 1. The van der Waals surface area contributed by atoms with E-state index in [2.05, 4.69) is 5.10 Å². The van der Waals surface area contributed by atoms with Crippen molar-refractivity contribution in [2.45, 2.75) is 6.54 Å². The van der Waals surface area contributed by atoms with Crippen LogP contribution in [0.25, 0.3) is 5.69 Å². The molecule has 0 unspecified atom stereocenters. The highest BCUT2D eigenvalue weighted by Gasteiger charge is 2.08. The lowest BCUT2D eigenvalue weighted by molar-refractivity contribution is 0.616. The van der Waals surface area contributed by atoms with E-state index >= 15 is 0 Å². The van der Waals surface area contributed by atoms with Gasteiger partial charge in [0.1, 0.15) is 6.20 Å². The van der Waals surface area contributed by atoms with E-state index in [4.69, 9.17) is 0 Å². The molecule has 0 N–H and O–H groups in total. The van der Waals surface area contributed by atoms with Crippen molar-refractivity contribution in [3.8, 4) is 5.69 Å². The molecule has 0 radical (unpaired) electrons. The van der Waals surface area contributed by atoms with Gasteiger partial charge in [-0.05, 0) is 17.7 Å². The maximum Gasteiger partial charge on any atom is 0.352 e. The van der Waals surface area contributed by atoms with Gasteiger partial charge in [-0.3, -0.25) is 9.36 Å². The van der Waals surface area contributed by atoms with Gasteiger partial charge < -0.3 is 0 Å². The Balaban J connectivity index is 2.10. The first-order valence-electron chi connectivity index (χ1n) is 6.54. The standard InChI is InChI=1S/C16H13N3O2/c20-15-11-17-19(14-9-5-2-6-10-14)16(21)18(15)12-13-7-3-1-4-8-13/h1-11H,12H2. The molecule has 3 aromatic rings. The van der Waals surface area contributed by atoms with Gasteiger partial charge in [-0.25, -0.2) is 4.79 Å². The third-order valence-corrected chi connectivity index (χ3v) is 3.15. The molecule has 21 heavy (non-hydrogen) atoms. The van der Waals surface area contributed by atoms with Crippen molar-refractivity contribution in [3.05, 3.63) is 93.3 Å². The lowest BCUT2D eigenvalue weighted by Crippen LogP contribution is -2.40. The highest BCUT2D eigenvalue weighted by molar-refractivity contribution is 5.29. The van der Waals surface area contributed by atoms with Crippen molar-refractivity contribution in [2.75, 3.05) is 0 Å². The molecule has 0 saturated heterocycles. The van der Waals surface area contributed by atoms with Gasteiger partial charge in [0.05, 0.1) is 12.2 Å². The van der Waals surface area contributed by atoms with Gasteiger partial charge in [0.2, 0.25) is 0 Å². The lowest BCUT2D eigenvalue weighted by Gasteiger charge is -2.08. The predicted molar refractivity (Wildman–Crippen MR) is 79.6 cm³/mol. The van der Waals surface area contributed by atoms with E-state index in [1.165, 1.54) is 9.25 Å². The third-order valence-electron chi connectivity index (χ3n) is 3.15. The summed E-state index contributed by atoms with van der Waals surface area (Å²) in [5.41, 5.74) is 0.667. The Morgan fingerprint density at radius 1 is 0.857 bits per heavy atom. The van der Waals surface area contributed by atoms with Crippen LogP contribution in [0.2, 0.25) is 0 Å². The normalized spacial score (nSPS) is 10.5. The van der Waals surface area contributed by atoms with Crippen LogP contribution < -0.4 is 11.2 Å². The molecule has 0 bridgehead atoms. The van der Waals surface area contributed by atoms with Crippen LogP contribution in [-0.4, -0.2) is 14.3 Å². The monoisotopic (exact) mass is 279 g/mol. The highest BCUT2D eigenvalue weighted by atomic mass is 16.2. The number of hydrogen-bond acceptors (Lipinski definition) is 3. The fraction of sp³-hybridized carbons (Fsp3) is 0.0625. The molecular formula is C16H13N3O2. The second kappa shape index (κ2) is 5.58. The topological polar surface area (TPSA) is 56.9 Å². The molecule has 0 atom stereocenters. The number of nitrogens with zero attached hydrogens (tertiary/aromatic N) is 3. The Morgan fingerprint density at radius 3 is 2.14 bits per heavy atom. The van der Waals surface area contributed by atoms with Crippen molar-refractivity contribution in [2.24, 2.45) is 0 Å². The average Bonchev–Trinajstić information content (AvgIpc) is 2.53. The number of benzene rings is 2. The molecule has 0 spiro atoms. The summed E-state index contributed by atoms with van der Waals surface area (Å²) in [5, 5.41) is 3.92. The largest absolute Gasteiger partial charge is 0.352 e. The zero-order valence-electron chi connectivity index (χ0n) is 11.2. The molecule has 5 nitrogen and oxygen atoms in total. The minimum Gasteiger partial charge on any atom is -0.267 e. The van der Waals surface area contributed by atoms with Crippen molar-refractivity contribution in [3.63, 3.8) is 0 Å². The molecule has 5 heteroatoms. The van der Waals surface area contributed by atoms with E-state index in [1.807, 2.05) is 48.5 Å². The molecule has 0 aliphatic carbocycles. The zero-order valence-corrected chi connectivity index (χ0v) is 11.2. The van der Waals surface area contributed by atoms with E-state index in [1.54, 1.807) is 12.1 Å². The predicted octanol–water partition coefficient (Wildman–Crippen LogP) is 1.44. The summed E-state index contributed by atoms with van der Waals surface area (Å²) in [7, 11) is 0. The summed E-state index contributed by atoms with van der Waals surface area (Å²) < 4.78 is 2.40. The molecule has 0 aliphatic heterocycles. The van der Waals surface area contributed by atoms with Crippen LogP contribution in [0.4, 0.5) is 0 Å². The van der Waals surface area contributed by atoms with E-state index in [0.29, 0.717) is 5.69 Å². The van der Waals surface area contributed by atoms with Gasteiger partial charge in [-0.1, -0.05) is 48.5 Å². The molecule has 0 saturated carbocycles. The number of rotatable bonds is 3. The van der Waals surface area contributed by atoms with Crippen LogP contribution in [-0.2, 0) is 6.54 Å². The van der Waals surface area contributed by atoms with Gasteiger partial charge in [-0.15, -0.1) is 0 Å². The first-order chi connectivity index (χ1) is 10.3. The molecule has 3 rings (SSSR count). The lowest BCUT2D eigenvalue weighted by atomic mass is 10.2. The number of hydrogen-bond donors (Lipinski definition) is 0. The maximum absolute atomic E-state index is 12.5. The van der Waals surface area contributed by atoms with Crippen molar-refractivity contribution >= 4 is 0 Å². The zero-order chi connectivity index (χ0) is 14.7. The van der Waals surface area contributed by atoms with Gasteiger partial charge in [-0.2, -0.15) is 9.78 Å². The fourth-order valence-corrected chi connectivity index (χ4v) is 2.09. The molecule has 1 aromatic heterocycles. The van der Waals surface area contributed by atoms with E-state index < -0.39 is 11.2 Å². The molecule has 1 heterocycles. The summed E-state index contributed by atoms with van der Waals surface area (Å²) in [4.78, 5) is 24.4. The SMILES string of the molecule is O=c1cnn(-c2ccccc2)c(=O)n1Cc1ccccc1. The quantitative estimate of drug-likeness (QED) is 0.729. The smallest absolute Gasteiger partial charge is 0.267 e. The van der Waals surface area contributed by atoms with Gasteiger partial charge in [0, 0.05) is 0 Å². The van der Waals surface area contributed by atoms with Crippen molar-refractivity contribution in [1.29, 1.82) is 0 Å². The maximum atomic E-state index is 12.5. The summed E-state index contributed by atoms with van der Waals surface area (Å²) >= 11 is 0. The molecule has 0 fully saturated rings. The Labute approximate surface area is 120 Å². The first kappa shape index (κ1) is 13.1. The molecule has 0 amide bonds. The summed E-state index contributed by atoms with van der Waals surface area (Å²) in [6, 6.07) is 18.4. The van der Waals surface area contributed by atoms with Gasteiger partial charge in [0.15, 0.2) is 0 Å². The van der Waals surface area contributed by atoms with E-state index in [9.17, 15) is 9.59 Å². The van der Waals surface area contributed by atoms with Gasteiger partial charge >= 0.3 is 5.69 Å². The average molecular weight is 279 g/mol. The fourth-order valence-electron chi connectivity index (χ4n) is 2.09.